The number of hydrogen-bond donors (Lipinski definition) is 1. The molecule has 0 spiro atoms. The number of nitrogens with zero attached hydrogens (tertiary/aromatic N) is 3. The summed E-state index contributed by atoms with van der Waals surface area (Å²) in [5.41, 5.74) is 0.707. The van der Waals surface area contributed by atoms with Crippen molar-refractivity contribution in [1.82, 2.24) is 9.88 Å². The highest BCUT2D eigenvalue weighted by Crippen LogP contribution is 2.26. The number of carbonyl (C=O) groups excluding carboxylic acids is 1. The van der Waals surface area contributed by atoms with E-state index in [1.165, 1.54) is 25.7 Å². The third kappa shape index (κ3) is 3.66. The Hall–Kier alpha value is -1.62. The zero-order chi connectivity index (χ0) is 16.2. The Morgan fingerprint density at radius 2 is 2.13 bits per heavy atom. The molecular formula is C18H27N3O2. The minimum absolute atomic E-state index is 0.0617. The second-order valence-electron chi connectivity index (χ2n) is 6.89. The zero-order valence-electron chi connectivity index (χ0n) is 13.9. The maximum absolute atomic E-state index is 12.8. The van der Waals surface area contributed by atoms with Crippen molar-refractivity contribution < 1.29 is 9.90 Å². The average Bonchev–Trinajstić information content (AvgIpc) is 3.15. The Morgan fingerprint density at radius 3 is 2.87 bits per heavy atom. The van der Waals surface area contributed by atoms with E-state index in [2.05, 4.69) is 16.9 Å². The summed E-state index contributed by atoms with van der Waals surface area (Å²) in [6.45, 7) is 1.60. The van der Waals surface area contributed by atoms with E-state index in [0.29, 0.717) is 18.2 Å². The maximum Gasteiger partial charge on any atom is 0.254 e. The zero-order valence-corrected chi connectivity index (χ0v) is 13.9. The topological polar surface area (TPSA) is 56.7 Å². The highest BCUT2D eigenvalue weighted by molar-refractivity contribution is 5.95. The van der Waals surface area contributed by atoms with Crippen molar-refractivity contribution in [3.05, 3.63) is 23.9 Å². The van der Waals surface area contributed by atoms with Crippen molar-refractivity contribution >= 4 is 11.7 Å². The van der Waals surface area contributed by atoms with Gasteiger partial charge in [-0.15, -0.1) is 0 Å². The normalized spacial score (nSPS) is 22.3. The molecule has 1 aliphatic heterocycles. The van der Waals surface area contributed by atoms with Crippen LogP contribution in [0.25, 0.3) is 0 Å². The van der Waals surface area contributed by atoms with Gasteiger partial charge in [0.2, 0.25) is 0 Å². The van der Waals surface area contributed by atoms with Crippen LogP contribution in [0.15, 0.2) is 18.3 Å². The van der Waals surface area contributed by atoms with Crippen molar-refractivity contribution in [3.8, 4) is 0 Å². The minimum Gasteiger partial charge on any atom is -0.396 e. The van der Waals surface area contributed by atoms with Crippen LogP contribution in [-0.4, -0.2) is 53.7 Å². The van der Waals surface area contributed by atoms with Crippen LogP contribution in [0.1, 0.15) is 48.9 Å². The third-order valence-electron chi connectivity index (χ3n) is 5.29. The Balaban J connectivity index is 1.72. The van der Waals surface area contributed by atoms with E-state index in [0.717, 1.165) is 25.2 Å². The van der Waals surface area contributed by atoms with Crippen molar-refractivity contribution in [1.29, 1.82) is 0 Å². The molecule has 0 unspecified atom stereocenters. The van der Waals surface area contributed by atoms with Gasteiger partial charge in [-0.1, -0.05) is 12.8 Å². The van der Waals surface area contributed by atoms with Gasteiger partial charge in [-0.3, -0.25) is 4.79 Å². The molecule has 0 radical (unpaired) electrons. The maximum atomic E-state index is 12.8. The lowest BCUT2D eigenvalue weighted by Gasteiger charge is -2.32. The molecule has 5 heteroatoms. The van der Waals surface area contributed by atoms with Crippen LogP contribution < -0.4 is 4.90 Å². The Bertz CT molecular complexity index is 543. The lowest BCUT2D eigenvalue weighted by atomic mass is 9.98. The molecule has 2 aliphatic rings. The van der Waals surface area contributed by atoms with E-state index >= 15 is 0 Å². The highest BCUT2D eigenvalue weighted by Gasteiger charge is 2.25. The molecule has 1 N–H and O–H groups in total. The number of piperidine rings is 1. The summed E-state index contributed by atoms with van der Waals surface area (Å²) >= 11 is 0. The van der Waals surface area contributed by atoms with Crippen LogP contribution in [0, 0.1) is 5.92 Å². The van der Waals surface area contributed by atoms with Gasteiger partial charge in [0.25, 0.3) is 5.91 Å². The highest BCUT2D eigenvalue weighted by atomic mass is 16.3. The Labute approximate surface area is 138 Å². The molecule has 1 amide bonds. The van der Waals surface area contributed by atoms with Gasteiger partial charge < -0.3 is 14.9 Å². The Morgan fingerprint density at radius 1 is 1.35 bits per heavy atom. The largest absolute Gasteiger partial charge is 0.396 e. The third-order valence-corrected chi connectivity index (χ3v) is 5.29. The van der Waals surface area contributed by atoms with Gasteiger partial charge in [0, 0.05) is 44.5 Å². The van der Waals surface area contributed by atoms with Gasteiger partial charge in [-0.25, -0.2) is 4.98 Å². The number of likely N-dealkylation sites (tertiary alicyclic amines) is 1. The van der Waals surface area contributed by atoms with Crippen LogP contribution in [-0.2, 0) is 0 Å². The van der Waals surface area contributed by atoms with Crippen molar-refractivity contribution in [2.45, 2.75) is 44.6 Å². The number of carbonyl (C=O) groups is 1. The summed E-state index contributed by atoms with van der Waals surface area (Å²) in [5, 5.41) is 9.34. The number of rotatable bonds is 4. The second-order valence-corrected chi connectivity index (χ2v) is 6.89. The molecule has 0 bridgehead atoms. The quantitative estimate of drug-likeness (QED) is 0.926. The molecule has 3 rings (SSSR count). The number of pyridine rings is 1. The summed E-state index contributed by atoms with van der Waals surface area (Å²) in [6.07, 6.45) is 8.69. The van der Waals surface area contributed by atoms with Gasteiger partial charge in [0.05, 0.1) is 0 Å². The smallest absolute Gasteiger partial charge is 0.254 e. The van der Waals surface area contributed by atoms with Gasteiger partial charge >= 0.3 is 0 Å². The number of aromatic nitrogens is 1. The predicted molar refractivity (Wildman–Crippen MR) is 90.6 cm³/mol. The molecule has 126 valence electrons. The van der Waals surface area contributed by atoms with Gasteiger partial charge in [-0.05, 0) is 43.7 Å². The first-order chi connectivity index (χ1) is 11.2. The van der Waals surface area contributed by atoms with Crippen LogP contribution >= 0.6 is 0 Å². The van der Waals surface area contributed by atoms with Crippen LogP contribution in [0.3, 0.4) is 0 Å². The molecule has 1 atom stereocenters. The van der Waals surface area contributed by atoms with Crippen LogP contribution in [0.4, 0.5) is 5.82 Å². The van der Waals surface area contributed by atoms with Crippen molar-refractivity contribution in [3.63, 3.8) is 0 Å². The standard InChI is InChI=1S/C18H27N3O2/c1-20(16-6-2-3-7-16)17-11-15(8-9-19-17)18(23)21-10-4-5-14(12-21)13-22/h8-9,11,14,16,22H,2-7,10,12-13H2,1H3/t14-/m1/s1. The summed E-state index contributed by atoms with van der Waals surface area (Å²) in [5.74, 6) is 1.17. The lowest BCUT2D eigenvalue weighted by molar-refractivity contribution is 0.0620. The second kappa shape index (κ2) is 7.30. The molecule has 1 aliphatic carbocycles. The molecule has 23 heavy (non-hydrogen) atoms. The first kappa shape index (κ1) is 16.2. The fraction of sp³-hybridized carbons (Fsp3) is 0.667. The molecule has 1 aromatic rings. The Kier molecular flexibility index (Phi) is 5.16. The lowest BCUT2D eigenvalue weighted by Crippen LogP contribution is -2.41. The first-order valence-electron chi connectivity index (χ1n) is 8.78. The summed E-state index contributed by atoms with van der Waals surface area (Å²) in [7, 11) is 2.08. The monoisotopic (exact) mass is 317 g/mol. The number of amides is 1. The molecule has 0 aromatic carbocycles. The summed E-state index contributed by atoms with van der Waals surface area (Å²) in [4.78, 5) is 21.3. The summed E-state index contributed by atoms with van der Waals surface area (Å²) < 4.78 is 0. The molecular weight excluding hydrogens is 290 g/mol. The van der Waals surface area contributed by atoms with Crippen LogP contribution in [0.5, 0.6) is 0 Å². The van der Waals surface area contributed by atoms with Crippen LogP contribution in [0.2, 0.25) is 0 Å². The van der Waals surface area contributed by atoms with Crippen molar-refractivity contribution in [2.24, 2.45) is 5.92 Å². The van der Waals surface area contributed by atoms with E-state index in [9.17, 15) is 9.90 Å². The van der Waals surface area contributed by atoms with E-state index in [1.54, 1.807) is 12.3 Å². The fourth-order valence-corrected chi connectivity index (χ4v) is 3.80. The molecule has 5 nitrogen and oxygen atoms in total. The van der Waals surface area contributed by atoms with Gasteiger partial charge in [0.15, 0.2) is 0 Å². The van der Waals surface area contributed by atoms with E-state index in [1.807, 2.05) is 11.0 Å². The molecule has 1 saturated heterocycles. The SMILES string of the molecule is CN(c1cc(C(=O)N2CCC[C@@H](CO)C2)ccn1)C1CCCC1. The minimum atomic E-state index is 0.0617. The van der Waals surface area contributed by atoms with Gasteiger partial charge in [-0.2, -0.15) is 0 Å². The number of hydrogen-bond acceptors (Lipinski definition) is 4. The molecule has 2 fully saturated rings. The average molecular weight is 317 g/mol. The summed E-state index contributed by atoms with van der Waals surface area (Å²) in [6, 6.07) is 4.27. The predicted octanol–water partition coefficient (Wildman–Crippen LogP) is 2.30. The van der Waals surface area contributed by atoms with E-state index in [-0.39, 0.29) is 18.4 Å². The fourth-order valence-electron chi connectivity index (χ4n) is 3.80. The molecule has 1 saturated carbocycles. The van der Waals surface area contributed by atoms with Crippen molar-refractivity contribution in [2.75, 3.05) is 31.6 Å². The van der Waals surface area contributed by atoms with Gasteiger partial charge in [0.1, 0.15) is 5.82 Å². The van der Waals surface area contributed by atoms with E-state index in [4.69, 9.17) is 0 Å². The molecule has 2 heterocycles. The number of aliphatic hydroxyl groups excluding tert-OH is 1. The van der Waals surface area contributed by atoms with E-state index < -0.39 is 0 Å². The number of anilines is 1. The molecule has 1 aromatic heterocycles. The first-order valence-corrected chi connectivity index (χ1v) is 8.78. The number of aliphatic hydroxyl groups is 1.